The van der Waals surface area contributed by atoms with Crippen molar-refractivity contribution >= 4 is 5.97 Å². The molecule has 8 heteroatoms. The molecule has 0 amide bonds. The number of carbonyl (C=O) groups excluding carboxylic acids is 1. The molecule has 40 heavy (non-hydrogen) atoms. The highest BCUT2D eigenvalue weighted by Crippen LogP contribution is 2.39. The Morgan fingerprint density at radius 3 is 2.58 bits per heavy atom. The van der Waals surface area contributed by atoms with E-state index in [0.717, 1.165) is 38.1 Å². The summed E-state index contributed by atoms with van der Waals surface area (Å²) in [7, 11) is 1.48. The molecule has 230 valence electrons. The SMILES string of the molecule is COC(=O)C(C)(C)CCOC1C(C)CC2CCCNC2C1N1CCCN(CC2CCN(C3CCCCC3)N2)CC1. The van der Waals surface area contributed by atoms with Crippen molar-refractivity contribution in [2.75, 3.05) is 59.5 Å². The molecule has 6 unspecified atom stereocenters. The summed E-state index contributed by atoms with van der Waals surface area (Å²) in [6, 6.07) is 2.27. The van der Waals surface area contributed by atoms with Gasteiger partial charge in [0.2, 0.25) is 0 Å². The minimum absolute atomic E-state index is 0.149. The highest BCUT2D eigenvalue weighted by molar-refractivity contribution is 5.75. The van der Waals surface area contributed by atoms with Crippen LogP contribution in [0.4, 0.5) is 0 Å². The van der Waals surface area contributed by atoms with Crippen molar-refractivity contribution in [3.63, 3.8) is 0 Å². The van der Waals surface area contributed by atoms with Gasteiger partial charge < -0.3 is 19.7 Å². The van der Waals surface area contributed by atoms with Gasteiger partial charge in [-0.25, -0.2) is 5.01 Å². The van der Waals surface area contributed by atoms with Crippen LogP contribution in [-0.2, 0) is 14.3 Å². The summed E-state index contributed by atoms with van der Waals surface area (Å²) >= 11 is 0. The summed E-state index contributed by atoms with van der Waals surface area (Å²) in [5, 5.41) is 6.55. The van der Waals surface area contributed by atoms with Crippen molar-refractivity contribution < 1.29 is 14.3 Å². The van der Waals surface area contributed by atoms with Crippen molar-refractivity contribution in [3.8, 4) is 0 Å². The van der Waals surface area contributed by atoms with Crippen molar-refractivity contribution in [3.05, 3.63) is 0 Å². The highest BCUT2D eigenvalue weighted by Gasteiger charge is 2.47. The van der Waals surface area contributed by atoms with E-state index in [2.05, 4.69) is 32.5 Å². The molecular weight excluding hydrogens is 502 g/mol. The molecule has 3 heterocycles. The number of hydrazine groups is 1. The smallest absolute Gasteiger partial charge is 0.311 e. The summed E-state index contributed by atoms with van der Waals surface area (Å²) < 4.78 is 11.8. The summed E-state index contributed by atoms with van der Waals surface area (Å²) in [6.07, 6.45) is 14.2. The summed E-state index contributed by atoms with van der Waals surface area (Å²) in [5.74, 6) is 1.12. The van der Waals surface area contributed by atoms with Crippen LogP contribution in [0, 0.1) is 17.3 Å². The van der Waals surface area contributed by atoms with Gasteiger partial charge >= 0.3 is 5.97 Å². The van der Waals surface area contributed by atoms with Crippen LogP contribution in [0.1, 0.15) is 91.4 Å². The third-order valence-electron chi connectivity index (χ3n) is 11.0. The van der Waals surface area contributed by atoms with Gasteiger partial charge in [-0.3, -0.25) is 15.1 Å². The van der Waals surface area contributed by atoms with Crippen LogP contribution in [0.3, 0.4) is 0 Å². The lowest BCUT2D eigenvalue weighted by Gasteiger charge is -2.52. The molecule has 2 N–H and O–H groups in total. The van der Waals surface area contributed by atoms with E-state index in [1.165, 1.54) is 91.0 Å². The van der Waals surface area contributed by atoms with E-state index in [9.17, 15) is 4.79 Å². The fourth-order valence-electron chi connectivity index (χ4n) is 8.58. The van der Waals surface area contributed by atoms with E-state index in [4.69, 9.17) is 9.47 Å². The Bertz CT molecular complexity index is 805. The lowest BCUT2D eigenvalue weighted by atomic mass is 9.70. The quantitative estimate of drug-likeness (QED) is 0.414. The van der Waals surface area contributed by atoms with Crippen molar-refractivity contribution in [1.82, 2.24) is 25.6 Å². The molecule has 3 saturated heterocycles. The third kappa shape index (κ3) is 7.41. The molecule has 5 fully saturated rings. The minimum atomic E-state index is -0.516. The second-order valence-electron chi connectivity index (χ2n) is 14.3. The van der Waals surface area contributed by atoms with Gasteiger partial charge in [0.05, 0.1) is 24.7 Å². The predicted octanol–water partition coefficient (Wildman–Crippen LogP) is 3.66. The maximum atomic E-state index is 12.3. The summed E-state index contributed by atoms with van der Waals surface area (Å²) in [5.41, 5.74) is 3.40. The maximum absolute atomic E-state index is 12.3. The van der Waals surface area contributed by atoms with Gasteiger partial charge in [0, 0.05) is 50.9 Å². The fourth-order valence-corrected chi connectivity index (χ4v) is 8.58. The van der Waals surface area contributed by atoms with Gasteiger partial charge in [-0.2, -0.15) is 0 Å². The largest absolute Gasteiger partial charge is 0.469 e. The van der Waals surface area contributed by atoms with Gasteiger partial charge in [0.25, 0.3) is 0 Å². The first-order chi connectivity index (χ1) is 19.4. The number of nitrogens with zero attached hydrogens (tertiary/aromatic N) is 3. The van der Waals surface area contributed by atoms with Gasteiger partial charge in [0.1, 0.15) is 0 Å². The van der Waals surface area contributed by atoms with Crippen LogP contribution in [-0.4, -0.2) is 111 Å². The van der Waals surface area contributed by atoms with E-state index in [0.29, 0.717) is 37.1 Å². The first-order valence-corrected chi connectivity index (χ1v) is 16.8. The molecule has 5 rings (SSSR count). The molecule has 2 aliphatic carbocycles. The Morgan fingerprint density at radius 1 is 0.950 bits per heavy atom. The molecule has 0 aromatic heterocycles. The Balaban J connectivity index is 1.18. The number of fused-ring (bicyclic) bond motifs is 1. The average molecular weight is 562 g/mol. The number of carbonyl (C=O) groups is 1. The van der Waals surface area contributed by atoms with E-state index in [1.807, 2.05) is 13.8 Å². The number of methoxy groups -OCH3 is 1. The monoisotopic (exact) mass is 561 g/mol. The first-order valence-electron chi connectivity index (χ1n) is 16.8. The van der Waals surface area contributed by atoms with Crippen LogP contribution in [0.15, 0.2) is 0 Å². The Morgan fingerprint density at radius 2 is 1.77 bits per heavy atom. The highest BCUT2D eigenvalue weighted by atomic mass is 16.5. The Hall–Kier alpha value is -0.770. The molecule has 6 atom stereocenters. The topological polar surface area (TPSA) is 69.3 Å². The number of esters is 1. The molecule has 2 saturated carbocycles. The van der Waals surface area contributed by atoms with Gasteiger partial charge in [0.15, 0.2) is 0 Å². The number of piperidine rings is 1. The van der Waals surface area contributed by atoms with E-state index in [-0.39, 0.29) is 12.1 Å². The Kier molecular flexibility index (Phi) is 10.8. The number of hydrogen-bond acceptors (Lipinski definition) is 8. The molecule has 0 aromatic rings. The molecule has 0 bridgehead atoms. The van der Waals surface area contributed by atoms with E-state index < -0.39 is 5.41 Å². The molecule has 8 nitrogen and oxygen atoms in total. The standard InChI is InChI=1S/C32H59N5O3/c1-24-22-25-10-8-15-33-28(25)29(30(24)40-21-14-32(2,3)31(38)39-4)36-17-9-16-35(19-20-36)23-26-13-18-37(34-26)27-11-6-5-7-12-27/h24-30,33-34H,5-23H2,1-4H3. The molecule has 0 spiro atoms. The molecule has 0 aromatic carbocycles. The van der Waals surface area contributed by atoms with Crippen LogP contribution >= 0.6 is 0 Å². The minimum Gasteiger partial charge on any atom is -0.469 e. The third-order valence-corrected chi connectivity index (χ3v) is 11.0. The number of nitrogens with one attached hydrogen (secondary N) is 2. The second-order valence-corrected chi connectivity index (χ2v) is 14.3. The van der Waals surface area contributed by atoms with E-state index in [1.54, 1.807) is 0 Å². The zero-order chi connectivity index (χ0) is 28.1. The van der Waals surface area contributed by atoms with Gasteiger partial charge in [-0.1, -0.05) is 26.2 Å². The lowest BCUT2D eigenvalue weighted by molar-refractivity contribution is -0.153. The number of rotatable bonds is 9. The summed E-state index contributed by atoms with van der Waals surface area (Å²) in [4.78, 5) is 17.8. The van der Waals surface area contributed by atoms with Crippen molar-refractivity contribution in [2.24, 2.45) is 17.3 Å². The van der Waals surface area contributed by atoms with E-state index >= 15 is 0 Å². The molecule has 0 radical (unpaired) electrons. The zero-order valence-electron chi connectivity index (χ0n) is 26.0. The maximum Gasteiger partial charge on any atom is 0.311 e. The first kappa shape index (κ1) is 30.7. The normalized spacial score (nSPS) is 35.8. The molecule has 3 aliphatic heterocycles. The predicted molar refractivity (Wildman–Crippen MR) is 160 cm³/mol. The zero-order valence-corrected chi connectivity index (χ0v) is 26.0. The van der Waals surface area contributed by atoms with Crippen molar-refractivity contribution in [2.45, 2.75) is 122 Å². The van der Waals surface area contributed by atoms with Crippen LogP contribution in [0.5, 0.6) is 0 Å². The van der Waals surface area contributed by atoms with Gasteiger partial charge in [-0.15, -0.1) is 0 Å². The van der Waals surface area contributed by atoms with Gasteiger partial charge in [-0.05, 0) is 96.7 Å². The van der Waals surface area contributed by atoms with Crippen LogP contribution < -0.4 is 10.7 Å². The second kappa shape index (κ2) is 14.1. The molecular formula is C32H59N5O3. The number of ether oxygens (including phenoxy) is 2. The average Bonchev–Trinajstić information content (AvgIpc) is 3.31. The fraction of sp³-hybridized carbons (Fsp3) is 0.969. The summed E-state index contributed by atoms with van der Waals surface area (Å²) in [6.45, 7) is 15.1. The Labute approximate surface area is 244 Å². The van der Waals surface area contributed by atoms with Crippen molar-refractivity contribution in [1.29, 1.82) is 0 Å². The lowest BCUT2D eigenvalue weighted by Crippen LogP contribution is -2.65. The van der Waals surface area contributed by atoms with Crippen LogP contribution in [0.2, 0.25) is 0 Å². The number of hydrogen-bond donors (Lipinski definition) is 2. The van der Waals surface area contributed by atoms with Crippen LogP contribution in [0.25, 0.3) is 0 Å². The molecule has 5 aliphatic rings.